The van der Waals surface area contributed by atoms with Crippen LogP contribution in [-0.2, 0) is 0 Å². The third-order valence-electron chi connectivity index (χ3n) is 1.93. The molecule has 2 nitrogen and oxygen atoms in total. The van der Waals surface area contributed by atoms with Crippen molar-refractivity contribution in [1.29, 1.82) is 0 Å². The Bertz CT molecular complexity index is 108. The van der Waals surface area contributed by atoms with Gasteiger partial charge in [0.25, 0.3) is 0 Å². The second kappa shape index (κ2) is 3.30. The van der Waals surface area contributed by atoms with E-state index in [1.165, 1.54) is 6.92 Å². The molecule has 3 heteroatoms. The molecule has 0 aromatic rings. The SMILES string of the molecule is CC(F)CC1CNCC1O. The third-order valence-corrected chi connectivity index (χ3v) is 1.93. The van der Waals surface area contributed by atoms with Gasteiger partial charge in [-0.15, -0.1) is 0 Å². The van der Waals surface area contributed by atoms with Crippen molar-refractivity contribution in [3.8, 4) is 0 Å². The molecular formula is C7H14FNO. The van der Waals surface area contributed by atoms with Crippen LogP contribution >= 0.6 is 0 Å². The molecule has 3 unspecified atom stereocenters. The van der Waals surface area contributed by atoms with Gasteiger partial charge in [-0.05, 0) is 13.3 Å². The number of aliphatic hydroxyl groups is 1. The number of hydrogen-bond acceptors (Lipinski definition) is 2. The van der Waals surface area contributed by atoms with Crippen LogP contribution in [0.25, 0.3) is 0 Å². The first kappa shape index (κ1) is 7.95. The highest BCUT2D eigenvalue weighted by molar-refractivity contribution is 4.81. The van der Waals surface area contributed by atoms with E-state index in [1.54, 1.807) is 0 Å². The first-order chi connectivity index (χ1) is 4.70. The van der Waals surface area contributed by atoms with E-state index in [-0.39, 0.29) is 12.0 Å². The molecule has 1 aliphatic rings. The molecule has 1 fully saturated rings. The molecule has 0 radical (unpaired) electrons. The summed E-state index contributed by atoms with van der Waals surface area (Å²) in [5.74, 6) is 0.125. The summed E-state index contributed by atoms with van der Waals surface area (Å²) in [6.45, 7) is 2.91. The smallest absolute Gasteiger partial charge is 0.0977 e. The second-order valence-electron chi connectivity index (χ2n) is 3.00. The summed E-state index contributed by atoms with van der Waals surface area (Å²) in [6.07, 6.45) is -0.647. The van der Waals surface area contributed by atoms with Gasteiger partial charge in [-0.2, -0.15) is 0 Å². The monoisotopic (exact) mass is 147 g/mol. The maximum atomic E-state index is 12.4. The van der Waals surface area contributed by atoms with E-state index >= 15 is 0 Å². The number of alkyl halides is 1. The fourth-order valence-electron chi connectivity index (χ4n) is 1.38. The predicted octanol–water partition coefficient (Wildman–Crippen LogP) is 0.315. The summed E-state index contributed by atoms with van der Waals surface area (Å²) in [5.41, 5.74) is 0. The fourth-order valence-corrected chi connectivity index (χ4v) is 1.38. The zero-order valence-corrected chi connectivity index (χ0v) is 6.18. The number of hydrogen-bond donors (Lipinski definition) is 2. The van der Waals surface area contributed by atoms with Crippen LogP contribution in [-0.4, -0.2) is 30.5 Å². The minimum Gasteiger partial charge on any atom is -0.391 e. The molecule has 1 heterocycles. The lowest BCUT2D eigenvalue weighted by atomic mass is 10.00. The number of nitrogens with one attached hydrogen (secondary N) is 1. The van der Waals surface area contributed by atoms with E-state index < -0.39 is 6.17 Å². The van der Waals surface area contributed by atoms with Crippen LogP contribution in [0.5, 0.6) is 0 Å². The summed E-state index contributed by atoms with van der Waals surface area (Å²) in [7, 11) is 0. The fraction of sp³-hybridized carbons (Fsp3) is 1.00. The van der Waals surface area contributed by atoms with Crippen molar-refractivity contribution in [2.75, 3.05) is 13.1 Å². The maximum Gasteiger partial charge on any atom is 0.0977 e. The third kappa shape index (κ3) is 1.92. The van der Waals surface area contributed by atoms with Gasteiger partial charge in [-0.3, -0.25) is 0 Å². The molecule has 60 valence electrons. The molecule has 1 aliphatic heterocycles. The Morgan fingerprint density at radius 1 is 1.70 bits per heavy atom. The molecule has 10 heavy (non-hydrogen) atoms. The van der Waals surface area contributed by atoms with Crippen LogP contribution in [0.15, 0.2) is 0 Å². The molecule has 0 aliphatic carbocycles. The standard InChI is InChI=1S/C7H14FNO/c1-5(8)2-6-3-9-4-7(6)10/h5-7,9-10H,2-4H2,1H3. The second-order valence-corrected chi connectivity index (χ2v) is 3.00. The van der Waals surface area contributed by atoms with Crippen LogP contribution < -0.4 is 5.32 Å². The number of β-amino-alcohol motifs (C(OH)–C–C–N with tert-alkyl or cyclic N) is 1. The summed E-state index contributed by atoms with van der Waals surface area (Å²) in [5, 5.41) is 12.2. The Balaban J connectivity index is 2.26. The van der Waals surface area contributed by atoms with Crippen LogP contribution in [0, 0.1) is 5.92 Å². The highest BCUT2D eigenvalue weighted by Crippen LogP contribution is 2.16. The highest BCUT2D eigenvalue weighted by atomic mass is 19.1. The van der Waals surface area contributed by atoms with E-state index in [0.29, 0.717) is 13.0 Å². The van der Waals surface area contributed by atoms with Gasteiger partial charge in [-0.1, -0.05) is 0 Å². The lowest BCUT2D eigenvalue weighted by Gasteiger charge is -2.12. The Labute approximate surface area is 60.4 Å². The van der Waals surface area contributed by atoms with E-state index in [2.05, 4.69) is 5.32 Å². The molecule has 0 amide bonds. The largest absolute Gasteiger partial charge is 0.391 e. The van der Waals surface area contributed by atoms with Crippen molar-refractivity contribution in [3.63, 3.8) is 0 Å². The van der Waals surface area contributed by atoms with Crippen molar-refractivity contribution in [2.45, 2.75) is 25.6 Å². The molecule has 2 N–H and O–H groups in total. The van der Waals surface area contributed by atoms with Gasteiger partial charge in [-0.25, -0.2) is 4.39 Å². The van der Waals surface area contributed by atoms with E-state index in [0.717, 1.165) is 6.54 Å². The first-order valence-electron chi connectivity index (χ1n) is 3.73. The lowest BCUT2D eigenvalue weighted by Crippen LogP contribution is -2.20. The van der Waals surface area contributed by atoms with Crippen LogP contribution in [0.3, 0.4) is 0 Å². The minimum atomic E-state index is -0.792. The van der Waals surface area contributed by atoms with Crippen molar-refractivity contribution in [2.24, 2.45) is 5.92 Å². The van der Waals surface area contributed by atoms with Gasteiger partial charge in [0.15, 0.2) is 0 Å². The van der Waals surface area contributed by atoms with Crippen LogP contribution in [0.1, 0.15) is 13.3 Å². The van der Waals surface area contributed by atoms with Gasteiger partial charge in [0.2, 0.25) is 0 Å². The topological polar surface area (TPSA) is 32.3 Å². The molecule has 0 saturated carbocycles. The van der Waals surface area contributed by atoms with Gasteiger partial charge in [0.1, 0.15) is 0 Å². The minimum absolute atomic E-state index is 0.125. The van der Waals surface area contributed by atoms with Gasteiger partial charge in [0.05, 0.1) is 12.3 Å². The summed E-state index contributed by atoms with van der Waals surface area (Å²) >= 11 is 0. The summed E-state index contributed by atoms with van der Waals surface area (Å²) in [4.78, 5) is 0. The Hall–Kier alpha value is -0.150. The molecule has 3 atom stereocenters. The predicted molar refractivity (Wildman–Crippen MR) is 37.6 cm³/mol. The van der Waals surface area contributed by atoms with Crippen molar-refractivity contribution < 1.29 is 9.50 Å². The highest BCUT2D eigenvalue weighted by Gasteiger charge is 2.25. The molecule has 1 rings (SSSR count). The van der Waals surface area contributed by atoms with Crippen molar-refractivity contribution in [1.82, 2.24) is 5.32 Å². The molecule has 0 aromatic heterocycles. The Kier molecular flexibility index (Phi) is 2.63. The molecule has 0 aromatic carbocycles. The van der Waals surface area contributed by atoms with Crippen molar-refractivity contribution in [3.05, 3.63) is 0 Å². The van der Waals surface area contributed by atoms with Crippen molar-refractivity contribution >= 4 is 0 Å². The first-order valence-corrected chi connectivity index (χ1v) is 3.73. The maximum absolute atomic E-state index is 12.4. The quantitative estimate of drug-likeness (QED) is 0.589. The van der Waals surface area contributed by atoms with Crippen LogP contribution in [0.2, 0.25) is 0 Å². The average molecular weight is 147 g/mol. The number of rotatable bonds is 2. The number of aliphatic hydroxyl groups excluding tert-OH is 1. The molecule has 0 spiro atoms. The number of halogens is 1. The average Bonchev–Trinajstić information content (AvgIpc) is 2.15. The Morgan fingerprint density at radius 2 is 2.40 bits per heavy atom. The van der Waals surface area contributed by atoms with Gasteiger partial charge < -0.3 is 10.4 Å². The van der Waals surface area contributed by atoms with Crippen LogP contribution in [0.4, 0.5) is 4.39 Å². The zero-order chi connectivity index (χ0) is 7.56. The van der Waals surface area contributed by atoms with Gasteiger partial charge in [0, 0.05) is 19.0 Å². The van der Waals surface area contributed by atoms with E-state index in [4.69, 9.17) is 0 Å². The lowest BCUT2D eigenvalue weighted by molar-refractivity contribution is 0.126. The summed E-state index contributed by atoms with van der Waals surface area (Å²) in [6, 6.07) is 0. The Morgan fingerprint density at radius 3 is 2.80 bits per heavy atom. The van der Waals surface area contributed by atoms with Gasteiger partial charge >= 0.3 is 0 Å². The van der Waals surface area contributed by atoms with E-state index in [9.17, 15) is 9.50 Å². The normalized spacial score (nSPS) is 36.3. The molecule has 0 bridgehead atoms. The molecular weight excluding hydrogens is 133 g/mol. The zero-order valence-electron chi connectivity index (χ0n) is 6.18. The molecule has 1 saturated heterocycles. The summed E-state index contributed by atoms with van der Waals surface area (Å²) < 4.78 is 12.4. The van der Waals surface area contributed by atoms with E-state index in [1.807, 2.05) is 0 Å².